The lowest BCUT2D eigenvalue weighted by Gasteiger charge is -2.38. The average Bonchev–Trinajstić information content (AvgIpc) is 2.79. The van der Waals surface area contributed by atoms with Crippen LogP contribution >= 0.6 is 12.2 Å². The highest BCUT2D eigenvalue weighted by Crippen LogP contribution is 2.34. The Morgan fingerprint density at radius 2 is 1.77 bits per heavy atom. The summed E-state index contributed by atoms with van der Waals surface area (Å²) in [5, 5.41) is 7.13. The fourth-order valence-electron chi connectivity index (χ4n) is 4.08. The fourth-order valence-corrected chi connectivity index (χ4v) is 4.24. The van der Waals surface area contributed by atoms with Crippen LogP contribution in [-0.2, 0) is 14.9 Å². The fraction of sp³-hybridized carbons (Fsp3) is 0.500. The van der Waals surface area contributed by atoms with Gasteiger partial charge in [0.15, 0.2) is 5.11 Å². The van der Waals surface area contributed by atoms with E-state index >= 15 is 0 Å². The van der Waals surface area contributed by atoms with Crippen LogP contribution in [-0.4, -0.2) is 61.1 Å². The topological polar surface area (TPSA) is 71.5 Å². The Bertz CT molecular complexity index is 852. The zero-order valence-electron chi connectivity index (χ0n) is 17.4. The summed E-state index contributed by atoms with van der Waals surface area (Å²) in [5.41, 5.74) is 2.24. The maximum Gasteiger partial charge on any atom is 0.231 e. The second kappa shape index (κ2) is 9.68. The SMILES string of the molecule is Cc1cc(N2CCOCC2)nc(NC(=S)NCC2(c3ccccc3)CCOCC2)n1. The van der Waals surface area contributed by atoms with E-state index in [-0.39, 0.29) is 5.41 Å². The molecule has 2 aliphatic rings. The van der Waals surface area contributed by atoms with Crippen LogP contribution in [0.2, 0.25) is 0 Å². The minimum absolute atomic E-state index is 0.0116. The molecular formula is C22H29N5O2S. The van der Waals surface area contributed by atoms with Gasteiger partial charge in [0.05, 0.1) is 13.2 Å². The summed E-state index contributed by atoms with van der Waals surface area (Å²) in [6.07, 6.45) is 1.93. The zero-order valence-corrected chi connectivity index (χ0v) is 18.2. The number of benzene rings is 1. The molecule has 0 saturated carbocycles. The molecule has 0 unspecified atom stereocenters. The normalized spacial score (nSPS) is 18.6. The summed E-state index contributed by atoms with van der Waals surface area (Å²) in [4.78, 5) is 11.4. The molecule has 0 radical (unpaired) electrons. The van der Waals surface area contributed by atoms with E-state index in [0.29, 0.717) is 11.1 Å². The first-order chi connectivity index (χ1) is 14.6. The van der Waals surface area contributed by atoms with E-state index < -0.39 is 0 Å². The first-order valence-corrected chi connectivity index (χ1v) is 10.9. The van der Waals surface area contributed by atoms with Crippen LogP contribution in [0.5, 0.6) is 0 Å². The number of hydrogen-bond donors (Lipinski definition) is 2. The monoisotopic (exact) mass is 427 g/mol. The molecule has 160 valence electrons. The molecule has 1 aromatic carbocycles. The molecule has 4 rings (SSSR count). The molecule has 0 amide bonds. The molecule has 1 aromatic heterocycles. The number of anilines is 2. The summed E-state index contributed by atoms with van der Waals surface area (Å²) >= 11 is 5.58. The van der Waals surface area contributed by atoms with Crippen LogP contribution in [0.1, 0.15) is 24.1 Å². The molecule has 0 aliphatic carbocycles. The van der Waals surface area contributed by atoms with Crippen LogP contribution in [0.25, 0.3) is 0 Å². The number of morpholine rings is 1. The quantitative estimate of drug-likeness (QED) is 0.706. The number of ether oxygens (including phenoxy) is 2. The van der Waals surface area contributed by atoms with E-state index in [1.807, 2.05) is 13.0 Å². The summed E-state index contributed by atoms with van der Waals surface area (Å²) < 4.78 is 11.1. The van der Waals surface area contributed by atoms with Gasteiger partial charge in [-0.05, 0) is 37.5 Å². The van der Waals surface area contributed by atoms with Crippen LogP contribution < -0.4 is 15.5 Å². The predicted molar refractivity (Wildman–Crippen MR) is 122 cm³/mol. The van der Waals surface area contributed by atoms with Gasteiger partial charge in [0.1, 0.15) is 5.82 Å². The average molecular weight is 428 g/mol. The van der Waals surface area contributed by atoms with Crippen LogP contribution in [0.3, 0.4) is 0 Å². The third-order valence-electron chi connectivity index (χ3n) is 5.82. The number of hydrogen-bond acceptors (Lipinski definition) is 6. The van der Waals surface area contributed by atoms with E-state index in [0.717, 1.165) is 70.4 Å². The number of nitrogens with one attached hydrogen (secondary N) is 2. The van der Waals surface area contributed by atoms with Gasteiger partial charge in [0.25, 0.3) is 0 Å². The molecule has 7 nitrogen and oxygen atoms in total. The number of nitrogens with zero attached hydrogens (tertiary/aromatic N) is 3. The highest BCUT2D eigenvalue weighted by Gasteiger charge is 2.34. The highest BCUT2D eigenvalue weighted by molar-refractivity contribution is 7.80. The first kappa shape index (κ1) is 21.0. The summed E-state index contributed by atoms with van der Waals surface area (Å²) in [6, 6.07) is 12.6. The molecule has 2 N–H and O–H groups in total. The summed E-state index contributed by atoms with van der Waals surface area (Å²) in [6.45, 7) is 7.35. The van der Waals surface area contributed by atoms with Gasteiger partial charge in [0.2, 0.25) is 5.95 Å². The smallest absolute Gasteiger partial charge is 0.231 e. The molecule has 0 atom stereocenters. The van der Waals surface area contributed by atoms with Crippen molar-refractivity contribution in [2.24, 2.45) is 0 Å². The van der Waals surface area contributed by atoms with Crippen molar-refractivity contribution in [3.05, 3.63) is 47.7 Å². The third kappa shape index (κ3) is 5.06. The molecule has 0 bridgehead atoms. The maximum atomic E-state index is 5.62. The lowest BCUT2D eigenvalue weighted by Crippen LogP contribution is -2.45. The minimum atomic E-state index is 0.0116. The largest absolute Gasteiger partial charge is 0.381 e. The Labute approximate surface area is 183 Å². The molecule has 2 aliphatic heterocycles. The van der Waals surface area contributed by atoms with Crippen molar-refractivity contribution in [3.63, 3.8) is 0 Å². The number of rotatable bonds is 5. The standard InChI is InChI=1S/C22H29N5O2S/c1-17-15-19(27-9-13-29-14-10-27)25-20(24-17)26-21(30)23-16-22(7-11-28-12-8-22)18-5-3-2-4-6-18/h2-6,15H,7-14,16H2,1H3,(H2,23,24,25,26,30). The van der Waals surface area contributed by atoms with Crippen LogP contribution in [0.4, 0.5) is 11.8 Å². The molecule has 2 fully saturated rings. The predicted octanol–water partition coefficient (Wildman–Crippen LogP) is 2.66. The Hall–Kier alpha value is -2.29. The Morgan fingerprint density at radius 3 is 2.50 bits per heavy atom. The molecule has 8 heteroatoms. The van der Waals surface area contributed by atoms with Gasteiger partial charge in [-0.2, -0.15) is 4.98 Å². The number of aryl methyl sites for hydroxylation is 1. The van der Waals surface area contributed by atoms with Gasteiger partial charge in [-0.15, -0.1) is 0 Å². The van der Waals surface area contributed by atoms with E-state index in [9.17, 15) is 0 Å². The lowest BCUT2D eigenvalue weighted by atomic mass is 9.74. The van der Waals surface area contributed by atoms with Crippen molar-refractivity contribution in [3.8, 4) is 0 Å². The van der Waals surface area contributed by atoms with Gasteiger partial charge in [-0.1, -0.05) is 30.3 Å². The Kier molecular flexibility index (Phi) is 6.76. The number of aromatic nitrogens is 2. The molecular weight excluding hydrogens is 398 g/mol. The molecule has 2 aromatic rings. The minimum Gasteiger partial charge on any atom is -0.381 e. The Balaban J connectivity index is 1.42. The van der Waals surface area contributed by atoms with Gasteiger partial charge in [-0.3, -0.25) is 0 Å². The second-order valence-electron chi connectivity index (χ2n) is 7.86. The number of thiocarbonyl (C=S) groups is 1. The van der Waals surface area contributed by atoms with E-state index in [1.54, 1.807) is 0 Å². The van der Waals surface area contributed by atoms with Gasteiger partial charge < -0.3 is 25.0 Å². The van der Waals surface area contributed by atoms with Crippen molar-refractivity contribution in [2.45, 2.75) is 25.2 Å². The van der Waals surface area contributed by atoms with Crippen molar-refractivity contribution in [1.29, 1.82) is 0 Å². The zero-order chi connectivity index (χ0) is 20.8. The van der Waals surface area contributed by atoms with Gasteiger partial charge >= 0.3 is 0 Å². The molecule has 3 heterocycles. The van der Waals surface area contributed by atoms with Crippen molar-refractivity contribution in [2.75, 3.05) is 56.3 Å². The molecule has 2 saturated heterocycles. The van der Waals surface area contributed by atoms with E-state index in [1.165, 1.54) is 5.56 Å². The van der Waals surface area contributed by atoms with Crippen molar-refractivity contribution >= 4 is 29.1 Å². The summed E-state index contributed by atoms with van der Waals surface area (Å²) in [5.74, 6) is 1.43. The van der Waals surface area contributed by atoms with Gasteiger partial charge in [-0.25, -0.2) is 4.98 Å². The molecule has 30 heavy (non-hydrogen) atoms. The molecule has 0 spiro atoms. The third-order valence-corrected chi connectivity index (χ3v) is 6.07. The maximum absolute atomic E-state index is 5.62. The van der Waals surface area contributed by atoms with Crippen molar-refractivity contribution in [1.82, 2.24) is 15.3 Å². The second-order valence-corrected chi connectivity index (χ2v) is 8.27. The first-order valence-electron chi connectivity index (χ1n) is 10.5. The highest BCUT2D eigenvalue weighted by atomic mass is 32.1. The van der Waals surface area contributed by atoms with E-state index in [2.05, 4.69) is 55.8 Å². The van der Waals surface area contributed by atoms with Crippen LogP contribution in [0, 0.1) is 6.92 Å². The van der Waals surface area contributed by atoms with Crippen molar-refractivity contribution < 1.29 is 9.47 Å². The summed E-state index contributed by atoms with van der Waals surface area (Å²) in [7, 11) is 0. The lowest BCUT2D eigenvalue weighted by molar-refractivity contribution is 0.0515. The van der Waals surface area contributed by atoms with E-state index in [4.69, 9.17) is 21.7 Å². The van der Waals surface area contributed by atoms with Gasteiger partial charge in [0, 0.05) is 50.0 Å². The van der Waals surface area contributed by atoms with Crippen LogP contribution in [0.15, 0.2) is 36.4 Å². The Morgan fingerprint density at radius 1 is 1.07 bits per heavy atom.